The van der Waals surface area contributed by atoms with Gasteiger partial charge >= 0.3 is 5.97 Å². The quantitative estimate of drug-likeness (QED) is 0.685. The Kier molecular flexibility index (Phi) is 7.19. The van der Waals surface area contributed by atoms with E-state index in [0.717, 1.165) is 31.6 Å². The third-order valence-corrected chi connectivity index (χ3v) is 5.61. The largest absolute Gasteiger partial charge is 0.465 e. The van der Waals surface area contributed by atoms with Crippen molar-refractivity contribution in [2.24, 2.45) is 0 Å². The summed E-state index contributed by atoms with van der Waals surface area (Å²) in [6.45, 7) is 4.40. The van der Waals surface area contributed by atoms with Crippen LogP contribution in [-0.4, -0.2) is 49.7 Å². The van der Waals surface area contributed by atoms with Gasteiger partial charge in [-0.3, -0.25) is 9.69 Å². The maximum atomic E-state index is 12.7. The minimum atomic E-state index is -0.423. The number of esters is 1. The third-order valence-electron chi connectivity index (χ3n) is 4.75. The molecule has 1 N–H and O–H groups in total. The maximum absolute atomic E-state index is 12.7. The Balaban J connectivity index is 1.66. The van der Waals surface area contributed by atoms with Gasteiger partial charge in [-0.15, -0.1) is 11.3 Å². The molecule has 1 aromatic heterocycles. The van der Waals surface area contributed by atoms with Crippen LogP contribution in [0.3, 0.4) is 0 Å². The molecule has 0 unspecified atom stereocenters. The summed E-state index contributed by atoms with van der Waals surface area (Å²) in [4.78, 5) is 27.8. The van der Waals surface area contributed by atoms with Gasteiger partial charge in [-0.25, -0.2) is 4.79 Å². The second-order valence-corrected chi connectivity index (χ2v) is 7.99. The number of carbonyl (C=O) groups is 2. The molecule has 1 atom stereocenters. The highest BCUT2D eigenvalue weighted by Gasteiger charge is 2.21. The first-order chi connectivity index (χ1) is 13.5. The number of thiophene rings is 1. The van der Waals surface area contributed by atoms with Crippen LogP contribution in [-0.2, 0) is 20.8 Å². The molecule has 1 aliphatic heterocycles. The molecule has 7 heteroatoms. The molecule has 2 heterocycles. The second-order valence-electron chi connectivity index (χ2n) is 6.95. The molecule has 28 heavy (non-hydrogen) atoms. The van der Waals surface area contributed by atoms with Gasteiger partial charge in [0.25, 0.3) is 0 Å². The highest BCUT2D eigenvalue weighted by Crippen LogP contribution is 2.19. The van der Waals surface area contributed by atoms with E-state index in [9.17, 15) is 9.59 Å². The average Bonchev–Trinajstić information content (AvgIpc) is 3.37. The van der Waals surface area contributed by atoms with Crippen molar-refractivity contribution in [3.8, 4) is 0 Å². The lowest BCUT2D eigenvalue weighted by atomic mass is 10.1. The number of anilines is 1. The van der Waals surface area contributed by atoms with E-state index in [4.69, 9.17) is 9.47 Å². The molecule has 1 saturated heterocycles. The molecule has 1 aliphatic rings. The smallest absolute Gasteiger partial charge is 0.337 e. The Labute approximate surface area is 169 Å². The molecule has 0 spiro atoms. The van der Waals surface area contributed by atoms with Crippen LogP contribution in [0.25, 0.3) is 0 Å². The Morgan fingerprint density at radius 1 is 1.36 bits per heavy atom. The molecule has 1 aromatic carbocycles. The number of hydrogen-bond acceptors (Lipinski definition) is 6. The molecule has 1 fully saturated rings. The predicted molar refractivity (Wildman–Crippen MR) is 110 cm³/mol. The van der Waals surface area contributed by atoms with Crippen LogP contribution in [0.1, 0.15) is 33.6 Å². The van der Waals surface area contributed by atoms with Crippen LogP contribution in [0, 0.1) is 6.92 Å². The van der Waals surface area contributed by atoms with Gasteiger partial charge in [0, 0.05) is 30.3 Å². The van der Waals surface area contributed by atoms with Crippen molar-refractivity contribution in [1.82, 2.24) is 4.90 Å². The zero-order valence-electron chi connectivity index (χ0n) is 16.3. The van der Waals surface area contributed by atoms with Crippen molar-refractivity contribution in [2.75, 3.05) is 32.1 Å². The number of nitrogens with zero attached hydrogens (tertiary/aromatic N) is 1. The van der Waals surface area contributed by atoms with Crippen LogP contribution >= 0.6 is 11.3 Å². The van der Waals surface area contributed by atoms with E-state index in [1.807, 2.05) is 18.4 Å². The van der Waals surface area contributed by atoms with Crippen molar-refractivity contribution in [2.45, 2.75) is 32.4 Å². The van der Waals surface area contributed by atoms with Gasteiger partial charge in [0.15, 0.2) is 0 Å². The molecule has 2 aromatic rings. The van der Waals surface area contributed by atoms with Crippen molar-refractivity contribution in [1.29, 1.82) is 0 Å². The van der Waals surface area contributed by atoms with Crippen LogP contribution in [0.4, 0.5) is 5.69 Å². The normalized spacial score (nSPS) is 16.3. The Morgan fingerprint density at radius 3 is 2.89 bits per heavy atom. The molecular weight excluding hydrogens is 376 g/mol. The van der Waals surface area contributed by atoms with Crippen molar-refractivity contribution in [3.63, 3.8) is 0 Å². The molecule has 0 saturated carbocycles. The molecule has 3 rings (SSSR count). The zero-order chi connectivity index (χ0) is 19.9. The fourth-order valence-corrected chi connectivity index (χ4v) is 4.02. The highest BCUT2D eigenvalue weighted by atomic mass is 32.1. The monoisotopic (exact) mass is 402 g/mol. The number of nitrogens with one attached hydrogen (secondary N) is 1. The van der Waals surface area contributed by atoms with E-state index < -0.39 is 5.97 Å². The van der Waals surface area contributed by atoms with Gasteiger partial charge in [0.2, 0.25) is 5.91 Å². The Hall–Kier alpha value is -2.22. The lowest BCUT2D eigenvalue weighted by Crippen LogP contribution is -2.37. The summed E-state index contributed by atoms with van der Waals surface area (Å²) >= 11 is 1.68. The minimum absolute atomic E-state index is 0.111. The maximum Gasteiger partial charge on any atom is 0.337 e. The van der Waals surface area contributed by atoms with Crippen LogP contribution in [0.5, 0.6) is 0 Å². The van der Waals surface area contributed by atoms with E-state index in [-0.39, 0.29) is 18.6 Å². The standard InChI is InChI=1S/C21H26N2O4S/c1-15-7-8-16(21(25)26-2)11-19(15)22-20(24)14-23(12-17-5-3-9-27-17)13-18-6-4-10-28-18/h4,6-8,10-11,17H,3,5,9,12-14H2,1-2H3,(H,22,24)/t17-/m0/s1. The lowest BCUT2D eigenvalue weighted by molar-refractivity contribution is -0.117. The molecular formula is C21H26N2O4S. The van der Waals surface area contributed by atoms with Crippen LogP contribution < -0.4 is 5.32 Å². The first kappa shape index (κ1) is 20.5. The molecule has 0 bridgehead atoms. The summed E-state index contributed by atoms with van der Waals surface area (Å²) in [7, 11) is 1.34. The number of ether oxygens (including phenoxy) is 2. The predicted octanol–water partition coefficient (Wildman–Crippen LogP) is 3.46. The summed E-state index contributed by atoms with van der Waals surface area (Å²) in [5.74, 6) is -0.534. The lowest BCUT2D eigenvalue weighted by Gasteiger charge is -2.24. The highest BCUT2D eigenvalue weighted by molar-refractivity contribution is 7.09. The van der Waals surface area contributed by atoms with Crippen molar-refractivity contribution >= 4 is 28.9 Å². The number of carbonyl (C=O) groups excluding carboxylic acids is 2. The van der Waals surface area contributed by atoms with Gasteiger partial charge in [0.05, 0.1) is 25.3 Å². The fourth-order valence-electron chi connectivity index (χ4n) is 3.28. The summed E-state index contributed by atoms with van der Waals surface area (Å²) in [6.07, 6.45) is 2.28. The van der Waals surface area contributed by atoms with Gasteiger partial charge < -0.3 is 14.8 Å². The summed E-state index contributed by atoms with van der Waals surface area (Å²) in [5, 5.41) is 4.98. The molecule has 1 amide bonds. The van der Waals surface area contributed by atoms with E-state index in [2.05, 4.69) is 16.3 Å². The van der Waals surface area contributed by atoms with Crippen LogP contribution in [0.2, 0.25) is 0 Å². The number of benzene rings is 1. The number of amides is 1. The summed E-state index contributed by atoms with van der Waals surface area (Å²) in [6, 6.07) is 9.25. The van der Waals surface area contributed by atoms with Crippen molar-refractivity contribution < 1.29 is 19.1 Å². The number of aryl methyl sites for hydroxylation is 1. The zero-order valence-corrected chi connectivity index (χ0v) is 17.1. The van der Waals surface area contributed by atoms with E-state index in [0.29, 0.717) is 17.8 Å². The Morgan fingerprint density at radius 2 is 2.21 bits per heavy atom. The fraction of sp³-hybridized carbons (Fsp3) is 0.429. The first-order valence-electron chi connectivity index (χ1n) is 9.40. The van der Waals surface area contributed by atoms with Gasteiger partial charge in [-0.05, 0) is 48.9 Å². The molecule has 6 nitrogen and oxygen atoms in total. The van der Waals surface area contributed by atoms with Gasteiger partial charge in [-0.1, -0.05) is 12.1 Å². The van der Waals surface area contributed by atoms with E-state index in [1.54, 1.807) is 29.5 Å². The topological polar surface area (TPSA) is 67.9 Å². The second kappa shape index (κ2) is 9.82. The van der Waals surface area contributed by atoms with Crippen molar-refractivity contribution in [3.05, 3.63) is 51.7 Å². The summed E-state index contributed by atoms with van der Waals surface area (Å²) < 4.78 is 10.5. The minimum Gasteiger partial charge on any atom is -0.465 e. The molecule has 150 valence electrons. The number of rotatable bonds is 8. The Bertz CT molecular complexity index is 801. The SMILES string of the molecule is COC(=O)c1ccc(C)c(NC(=O)CN(Cc2cccs2)C[C@@H]2CCCO2)c1. The molecule has 0 aliphatic carbocycles. The van der Waals surface area contributed by atoms with Gasteiger partial charge in [0.1, 0.15) is 0 Å². The van der Waals surface area contributed by atoms with Crippen LogP contribution in [0.15, 0.2) is 35.7 Å². The van der Waals surface area contributed by atoms with Gasteiger partial charge in [-0.2, -0.15) is 0 Å². The average molecular weight is 403 g/mol. The van der Waals surface area contributed by atoms with E-state index in [1.165, 1.54) is 12.0 Å². The third kappa shape index (κ3) is 5.64. The first-order valence-corrected chi connectivity index (χ1v) is 10.3. The molecule has 0 radical (unpaired) electrons. The number of hydrogen-bond donors (Lipinski definition) is 1. The number of methoxy groups -OCH3 is 1. The van der Waals surface area contributed by atoms with E-state index >= 15 is 0 Å². The summed E-state index contributed by atoms with van der Waals surface area (Å²) in [5.41, 5.74) is 1.93.